The number of rotatable bonds is 2. The predicted molar refractivity (Wildman–Crippen MR) is 63.1 cm³/mol. The Labute approximate surface area is 98.1 Å². The topological polar surface area (TPSA) is 21.7 Å². The SMILES string of the molecule is COC1COCCN1c1ccc(Br)cc1. The van der Waals surface area contributed by atoms with Crippen LogP contribution in [0, 0.1) is 0 Å². The number of nitrogens with zero attached hydrogens (tertiary/aromatic N) is 1. The monoisotopic (exact) mass is 271 g/mol. The van der Waals surface area contributed by atoms with Crippen LogP contribution < -0.4 is 4.90 Å². The number of anilines is 1. The van der Waals surface area contributed by atoms with Crippen molar-refractivity contribution in [1.82, 2.24) is 0 Å². The summed E-state index contributed by atoms with van der Waals surface area (Å²) in [6.45, 7) is 2.27. The van der Waals surface area contributed by atoms with E-state index < -0.39 is 0 Å². The maximum Gasteiger partial charge on any atom is 0.153 e. The minimum absolute atomic E-state index is 0.0277. The molecule has 0 spiro atoms. The molecule has 1 unspecified atom stereocenters. The summed E-state index contributed by atoms with van der Waals surface area (Å²) < 4.78 is 11.8. The van der Waals surface area contributed by atoms with Gasteiger partial charge in [-0.25, -0.2) is 0 Å². The van der Waals surface area contributed by atoms with Gasteiger partial charge in [0.05, 0.1) is 13.2 Å². The smallest absolute Gasteiger partial charge is 0.153 e. The molecule has 1 aromatic rings. The second kappa shape index (κ2) is 4.96. The number of morpholine rings is 1. The maximum atomic E-state index is 5.38. The van der Waals surface area contributed by atoms with Crippen molar-refractivity contribution in [2.24, 2.45) is 0 Å². The molecule has 0 saturated carbocycles. The first-order valence-corrected chi connectivity index (χ1v) is 5.73. The summed E-state index contributed by atoms with van der Waals surface area (Å²) in [5.41, 5.74) is 1.17. The maximum absolute atomic E-state index is 5.38. The average molecular weight is 272 g/mol. The van der Waals surface area contributed by atoms with Gasteiger partial charge in [0.1, 0.15) is 0 Å². The van der Waals surface area contributed by atoms with E-state index in [-0.39, 0.29) is 6.23 Å². The molecule has 1 aliphatic rings. The van der Waals surface area contributed by atoms with E-state index in [1.807, 2.05) is 12.1 Å². The van der Waals surface area contributed by atoms with Crippen molar-refractivity contribution < 1.29 is 9.47 Å². The lowest BCUT2D eigenvalue weighted by Gasteiger charge is -2.36. The average Bonchev–Trinajstić information content (AvgIpc) is 2.30. The van der Waals surface area contributed by atoms with Crippen LogP contribution in [0.15, 0.2) is 28.7 Å². The second-order valence-electron chi connectivity index (χ2n) is 3.44. The molecule has 3 nitrogen and oxygen atoms in total. The van der Waals surface area contributed by atoms with Gasteiger partial charge < -0.3 is 14.4 Å². The van der Waals surface area contributed by atoms with Gasteiger partial charge in [-0.15, -0.1) is 0 Å². The number of benzene rings is 1. The van der Waals surface area contributed by atoms with Crippen LogP contribution in [0.25, 0.3) is 0 Å². The van der Waals surface area contributed by atoms with Gasteiger partial charge in [-0.05, 0) is 24.3 Å². The summed E-state index contributed by atoms with van der Waals surface area (Å²) in [4.78, 5) is 2.22. The van der Waals surface area contributed by atoms with Crippen molar-refractivity contribution in [2.45, 2.75) is 6.23 Å². The van der Waals surface area contributed by atoms with Crippen LogP contribution in [0.2, 0.25) is 0 Å². The quantitative estimate of drug-likeness (QED) is 0.824. The fourth-order valence-electron chi connectivity index (χ4n) is 1.70. The molecule has 4 heteroatoms. The molecule has 0 radical (unpaired) electrons. The van der Waals surface area contributed by atoms with Gasteiger partial charge in [-0.2, -0.15) is 0 Å². The van der Waals surface area contributed by atoms with Crippen LogP contribution in [-0.2, 0) is 9.47 Å². The first-order chi connectivity index (χ1) is 7.31. The number of hydrogen-bond donors (Lipinski definition) is 0. The molecule has 1 aromatic carbocycles. The van der Waals surface area contributed by atoms with Crippen LogP contribution in [-0.4, -0.2) is 33.1 Å². The summed E-state index contributed by atoms with van der Waals surface area (Å²) in [5.74, 6) is 0. The van der Waals surface area contributed by atoms with E-state index in [0.717, 1.165) is 17.6 Å². The van der Waals surface area contributed by atoms with Crippen LogP contribution in [0.5, 0.6) is 0 Å². The van der Waals surface area contributed by atoms with Crippen molar-refractivity contribution in [2.75, 3.05) is 31.8 Å². The Bertz CT molecular complexity index is 315. The summed E-state index contributed by atoms with van der Waals surface area (Å²) in [7, 11) is 1.71. The summed E-state index contributed by atoms with van der Waals surface area (Å²) >= 11 is 3.43. The molecule has 0 aromatic heterocycles. The summed E-state index contributed by atoms with van der Waals surface area (Å²) in [6, 6.07) is 8.25. The van der Waals surface area contributed by atoms with Crippen molar-refractivity contribution in [3.8, 4) is 0 Å². The Balaban J connectivity index is 2.16. The predicted octanol–water partition coefficient (Wildman–Crippen LogP) is 2.26. The van der Waals surface area contributed by atoms with Crippen molar-refractivity contribution in [3.63, 3.8) is 0 Å². The molecule has 0 amide bonds. The van der Waals surface area contributed by atoms with Gasteiger partial charge in [0.2, 0.25) is 0 Å². The molecular formula is C11H14BrNO2. The fraction of sp³-hybridized carbons (Fsp3) is 0.455. The van der Waals surface area contributed by atoms with Gasteiger partial charge >= 0.3 is 0 Å². The molecule has 0 N–H and O–H groups in total. The Morgan fingerprint density at radius 1 is 1.40 bits per heavy atom. The molecular weight excluding hydrogens is 258 g/mol. The van der Waals surface area contributed by atoms with E-state index >= 15 is 0 Å². The molecule has 1 fully saturated rings. The molecule has 0 aliphatic carbocycles. The van der Waals surface area contributed by atoms with Gasteiger partial charge in [-0.3, -0.25) is 0 Å². The lowest BCUT2D eigenvalue weighted by molar-refractivity contribution is -0.0187. The van der Waals surface area contributed by atoms with Crippen molar-refractivity contribution in [3.05, 3.63) is 28.7 Å². The molecule has 2 rings (SSSR count). The number of methoxy groups -OCH3 is 1. The lowest BCUT2D eigenvalue weighted by Crippen LogP contribution is -2.46. The normalized spacial score (nSPS) is 21.7. The number of hydrogen-bond acceptors (Lipinski definition) is 3. The molecule has 1 heterocycles. The summed E-state index contributed by atoms with van der Waals surface area (Å²) in [5, 5.41) is 0. The highest BCUT2D eigenvalue weighted by molar-refractivity contribution is 9.10. The Kier molecular flexibility index (Phi) is 3.61. The number of halogens is 1. The molecule has 1 saturated heterocycles. The highest BCUT2D eigenvalue weighted by Gasteiger charge is 2.22. The molecule has 82 valence electrons. The van der Waals surface area contributed by atoms with Crippen LogP contribution in [0.1, 0.15) is 0 Å². The van der Waals surface area contributed by atoms with Gasteiger partial charge in [-0.1, -0.05) is 15.9 Å². The van der Waals surface area contributed by atoms with Crippen LogP contribution in [0.3, 0.4) is 0 Å². The fourth-order valence-corrected chi connectivity index (χ4v) is 1.97. The Morgan fingerprint density at radius 2 is 2.13 bits per heavy atom. The first kappa shape index (κ1) is 10.9. The Hall–Kier alpha value is -0.580. The zero-order valence-corrected chi connectivity index (χ0v) is 10.2. The van der Waals surface area contributed by atoms with Crippen LogP contribution >= 0.6 is 15.9 Å². The van der Waals surface area contributed by atoms with E-state index in [9.17, 15) is 0 Å². The number of ether oxygens (including phenoxy) is 2. The van der Waals surface area contributed by atoms with E-state index in [4.69, 9.17) is 9.47 Å². The van der Waals surface area contributed by atoms with Crippen molar-refractivity contribution in [1.29, 1.82) is 0 Å². The molecule has 15 heavy (non-hydrogen) atoms. The first-order valence-electron chi connectivity index (χ1n) is 4.94. The van der Waals surface area contributed by atoms with Crippen molar-refractivity contribution >= 4 is 21.6 Å². The van der Waals surface area contributed by atoms with E-state index in [1.54, 1.807) is 7.11 Å². The van der Waals surface area contributed by atoms with E-state index in [2.05, 4.69) is 33.0 Å². The standard InChI is InChI=1S/C11H14BrNO2/c1-14-11-8-15-7-6-13(11)10-4-2-9(12)3-5-10/h2-5,11H,6-8H2,1H3. The van der Waals surface area contributed by atoms with Gasteiger partial charge in [0, 0.05) is 23.8 Å². The van der Waals surface area contributed by atoms with E-state index in [0.29, 0.717) is 6.61 Å². The van der Waals surface area contributed by atoms with E-state index in [1.165, 1.54) is 5.69 Å². The van der Waals surface area contributed by atoms with Gasteiger partial charge in [0.15, 0.2) is 6.23 Å². The van der Waals surface area contributed by atoms with Gasteiger partial charge in [0.25, 0.3) is 0 Å². The third-order valence-electron chi connectivity index (χ3n) is 2.51. The third kappa shape index (κ3) is 2.51. The third-order valence-corrected chi connectivity index (χ3v) is 3.04. The molecule has 0 bridgehead atoms. The summed E-state index contributed by atoms with van der Waals surface area (Å²) in [6.07, 6.45) is 0.0277. The largest absolute Gasteiger partial charge is 0.375 e. The lowest BCUT2D eigenvalue weighted by atomic mass is 10.2. The minimum atomic E-state index is 0.0277. The zero-order chi connectivity index (χ0) is 10.7. The molecule has 1 atom stereocenters. The highest BCUT2D eigenvalue weighted by Crippen LogP contribution is 2.22. The minimum Gasteiger partial charge on any atom is -0.375 e. The molecule has 1 aliphatic heterocycles. The zero-order valence-electron chi connectivity index (χ0n) is 8.65. The second-order valence-corrected chi connectivity index (χ2v) is 4.35. The van der Waals surface area contributed by atoms with Crippen LogP contribution in [0.4, 0.5) is 5.69 Å². The highest BCUT2D eigenvalue weighted by atomic mass is 79.9. The Morgan fingerprint density at radius 3 is 2.80 bits per heavy atom.